The lowest BCUT2D eigenvalue weighted by molar-refractivity contribution is -0.163. The average Bonchev–Trinajstić information content (AvgIpc) is 2.96. The van der Waals surface area contributed by atoms with E-state index in [1.165, 1.54) is 4.90 Å². The number of rotatable bonds is 4. The van der Waals surface area contributed by atoms with Gasteiger partial charge in [0.25, 0.3) is 5.91 Å². The third-order valence-corrected chi connectivity index (χ3v) is 3.70. The lowest BCUT2D eigenvalue weighted by Crippen LogP contribution is -2.54. The van der Waals surface area contributed by atoms with Crippen LogP contribution in [0.2, 0.25) is 0 Å². The molecule has 0 aromatic carbocycles. The summed E-state index contributed by atoms with van der Waals surface area (Å²) in [7, 11) is 0. The number of carboxylic acid groups (broad SMARTS) is 1. The molecule has 0 aliphatic carbocycles. The van der Waals surface area contributed by atoms with Crippen LogP contribution in [0.3, 0.4) is 0 Å². The monoisotopic (exact) mass is 332 g/mol. The third-order valence-electron chi connectivity index (χ3n) is 3.70. The zero-order chi connectivity index (χ0) is 17.3. The van der Waals surface area contributed by atoms with Crippen molar-refractivity contribution in [1.82, 2.24) is 14.8 Å². The van der Waals surface area contributed by atoms with Gasteiger partial charge >= 0.3 is 5.97 Å². The van der Waals surface area contributed by atoms with E-state index in [2.05, 4.69) is 10.1 Å². The second-order valence-corrected chi connectivity index (χ2v) is 5.33. The molecule has 2 aromatic rings. The number of pyridine rings is 1. The van der Waals surface area contributed by atoms with Gasteiger partial charge in [0.05, 0.1) is 25.0 Å². The summed E-state index contributed by atoms with van der Waals surface area (Å²) in [6, 6.07) is 5.31. The van der Waals surface area contributed by atoms with E-state index in [1.807, 2.05) is 13.0 Å². The summed E-state index contributed by atoms with van der Waals surface area (Å²) in [4.78, 5) is 28.7. The first-order chi connectivity index (χ1) is 11.5. The van der Waals surface area contributed by atoms with Crippen LogP contribution in [-0.4, -0.2) is 62.2 Å². The van der Waals surface area contributed by atoms with Gasteiger partial charge < -0.3 is 14.9 Å². The maximum atomic E-state index is 12.4. The Balaban J connectivity index is 1.89. The van der Waals surface area contributed by atoms with E-state index in [-0.39, 0.29) is 13.2 Å². The molecule has 3 rings (SSSR count). The minimum atomic E-state index is -1.91. The van der Waals surface area contributed by atoms with Gasteiger partial charge in [-0.1, -0.05) is 0 Å². The van der Waals surface area contributed by atoms with Crippen LogP contribution in [0.4, 0.5) is 5.82 Å². The summed E-state index contributed by atoms with van der Waals surface area (Å²) in [5.74, 6) is -1.77. The van der Waals surface area contributed by atoms with E-state index >= 15 is 0 Å². The smallest absolute Gasteiger partial charge is 0.335 e. The Bertz CT molecular complexity index is 760. The van der Waals surface area contributed by atoms with Gasteiger partial charge in [0.2, 0.25) is 0 Å². The van der Waals surface area contributed by atoms with Crippen molar-refractivity contribution in [2.45, 2.75) is 19.1 Å². The van der Waals surface area contributed by atoms with Crippen LogP contribution in [0.25, 0.3) is 5.69 Å². The Morgan fingerprint density at radius 2 is 2.29 bits per heavy atom. The van der Waals surface area contributed by atoms with E-state index in [4.69, 9.17) is 9.84 Å². The summed E-state index contributed by atoms with van der Waals surface area (Å²) in [5, 5.41) is 22.9. The molecule has 9 nitrogen and oxygen atoms in total. The van der Waals surface area contributed by atoms with E-state index < -0.39 is 24.1 Å². The van der Waals surface area contributed by atoms with Crippen molar-refractivity contribution >= 4 is 17.7 Å². The van der Waals surface area contributed by atoms with Crippen LogP contribution in [0.5, 0.6) is 0 Å². The summed E-state index contributed by atoms with van der Waals surface area (Å²) in [6.07, 6.45) is -0.0731. The molecule has 1 fully saturated rings. The van der Waals surface area contributed by atoms with Gasteiger partial charge in [-0.05, 0) is 19.1 Å². The molecule has 0 radical (unpaired) electrons. The van der Waals surface area contributed by atoms with Crippen LogP contribution in [-0.2, 0) is 14.3 Å². The SMILES string of the molecule is Cc1cc(N2CCOC(C(O)C(=O)O)C2=O)nn1-c1cccnc1. The number of amides is 1. The highest BCUT2D eigenvalue weighted by molar-refractivity contribution is 5.99. The first-order valence-corrected chi connectivity index (χ1v) is 7.30. The molecule has 1 aliphatic rings. The minimum Gasteiger partial charge on any atom is -0.479 e. The lowest BCUT2D eigenvalue weighted by Gasteiger charge is -2.31. The molecule has 1 saturated heterocycles. The number of ether oxygens (including phenoxy) is 1. The molecular weight excluding hydrogens is 316 g/mol. The van der Waals surface area contributed by atoms with Gasteiger partial charge in [0.1, 0.15) is 0 Å². The Kier molecular flexibility index (Phi) is 4.28. The second kappa shape index (κ2) is 6.38. The number of nitrogens with zero attached hydrogens (tertiary/aromatic N) is 4. The Labute approximate surface area is 137 Å². The molecule has 1 aliphatic heterocycles. The van der Waals surface area contributed by atoms with Crippen LogP contribution in [0.15, 0.2) is 30.6 Å². The topological polar surface area (TPSA) is 118 Å². The van der Waals surface area contributed by atoms with Crippen molar-refractivity contribution in [2.75, 3.05) is 18.1 Å². The van der Waals surface area contributed by atoms with Crippen molar-refractivity contribution in [3.63, 3.8) is 0 Å². The predicted octanol–water partition coefficient (Wildman–Crippen LogP) is -0.247. The van der Waals surface area contributed by atoms with Gasteiger partial charge in [-0.15, -0.1) is 5.10 Å². The summed E-state index contributed by atoms with van der Waals surface area (Å²) < 4.78 is 6.75. The Morgan fingerprint density at radius 1 is 1.50 bits per heavy atom. The van der Waals surface area contributed by atoms with E-state index in [9.17, 15) is 14.7 Å². The van der Waals surface area contributed by atoms with E-state index in [1.54, 1.807) is 29.2 Å². The molecule has 2 atom stereocenters. The zero-order valence-corrected chi connectivity index (χ0v) is 12.9. The molecule has 0 bridgehead atoms. The van der Waals surface area contributed by atoms with Crippen molar-refractivity contribution in [3.05, 3.63) is 36.3 Å². The molecule has 2 unspecified atom stereocenters. The standard InChI is InChI=1S/C15H16N4O5/c1-9-7-11(17-19(9)10-3-2-4-16-8-10)18-5-6-24-13(14(18)21)12(20)15(22)23/h2-4,7-8,12-13,20H,5-6H2,1H3,(H,22,23). The molecule has 3 heterocycles. The molecule has 126 valence electrons. The minimum absolute atomic E-state index is 0.111. The van der Waals surface area contributed by atoms with Crippen LogP contribution in [0.1, 0.15) is 5.69 Å². The van der Waals surface area contributed by atoms with Crippen LogP contribution in [0, 0.1) is 6.92 Å². The Morgan fingerprint density at radius 3 is 2.96 bits per heavy atom. The predicted molar refractivity (Wildman–Crippen MR) is 81.8 cm³/mol. The van der Waals surface area contributed by atoms with E-state index in [0.717, 1.165) is 11.4 Å². The first-order valence-electron chi connectivity index (χ1n) is 7.30. The fourth-order valence-electron chi connectivity index (χ4n) is 2.52. The molecule has 2 aromatic heterocycles. The largest absolute Gasteiger partial charge is 0.479 e. The highest BCUT2D eigenvalue weighted by Gasteiger charge is 2.40. The number of anilines is 1. The number of morpholine rings is 1. The normalized spacial score (nSPS) is 19.3. The Hall–Kier alpha value is -2.78. The molecule has 9 heteroatoms. The van der Waals surface area contributed by atoms with Crippen LogP contribution < -0.4 is 4.90 Å². The number of aliphatic carboxylic acids is 1. The summed E-state index contributed by atoms with van der Waals surface area (Å²) in [6.45, 7) is 2.17. The highest BCUT2D eigenvalue weighted by atomic mass is 16.5. The van der Waals surface area contributed by atoms with Crippen LogP contribution >= 0.6 is 0 Å². The third kappa shape index (κ3) is 2.86. The molecule has 24 heavy (non-hydrogen) atoms. The average molecular weight is 332 g/mol. The quantitative estimate of drug-likeness (QED) is 0.793. The lowest BCUT2D eigenvalue weighted by atomic mass is 10.1. The zero-order valence-electron chi connectivity index (χ0n) is 12.9. The van der Waals surface area contributed by atoms with Gasteiger partial charge in [0, 0.05) is 18.0 Å². The highest BCUT2D eigenvalue weighted by Crippen LogP contribution is 2.22. The maximum Gasteiger partial charge on any atom is 0.335 e. The van der Waals surface area contributed by atoms with Gasteiger partial charge in [-0.25, -0.2) is 9.48 Å². The van der Waals surface area contributed by atoms with Crippen molar-refractivity contribution in [1.29, 1.82) is 0 Å². The number of aromatic nitrogens is 3. The van der Waals surface area contributed by atoms with Gasteiger partial charge in [-0.3, -0.25) is 14.7 Å². The summed E-state index contributed by atoms with van der Waals surface area (Å²) in [5.41, 5.74) is 1.52. The van der Waals surface area contributed by atoms with Crippen molar-refractivity contribution in [3.8, 4) is 5.69 Å². The van der Waals surface area contributed by atoms with Crippen molar-refractivity contribution in [2.24, 2.45) is 0 Å². The first kappa shape index (κ1) is 16.1. The number of carbonyl (C=O) groups is 2. The van der Waals surface area contributed by atoms with Crippen molar-refractivity contribution < 1.29 is 24.5 Å². The number of hydrogen-bond donors (Lipinski definition) is 2. The maximum absolute atomic E-state index is 12.4. The number of aliphatic hydroxyl groups excluding tert-OH is 1. The second-order valence-electron chi connectivity index (χ2n) is 5.33. The molecule has 0 saturated carbocycles. The number of carboxylic acids is 1. The van der Waals surface area contributed by atoms with E-state index in [0.29, 0.717) is 5.82 Å². The molecular formula is C15H16N4O5. The van der Waals surface area contributed by atoms with Gasteiger partial charge in [-0.2, -0.15) is 0 Å². The number of aliphatic hydroxyl groups is 1. The number of hydrogen-bond acceptors (Lipinski definition) is 6. The number of carbonyl (C=O) groups excluding carboxylic acids is 1. The fraction of sp³-hybridized carbons (Fsp3) is 0.333. The fourth-order valence-corrected chi connectivity index (χ4v) is 2.52. The molecule has 2 N–H and O–H groups in total. The summed E-state index contributed by atoms with van der Waals surface area (Å²) >= 11 is 0. The number of aryl methyl sites for hydroxylation is 1. The molecule has 1 amide bonds. The molecule has 0 spiro atoms. The van der Waals surface area contributed by atoms with Gasteiger partial charge in [0.15, 0.2) is 18.0 Å².